The predicted octanol–water partition coefficient (Wildman–Crippen LogP) is 4.36. The Labute approximate surface area is 145 Å². The molecule has 0 fully saturated rings. The Bertz CT molecular complexity index is 1010. The van der Waals surface area contributed by atoms with Gasteiger partial charge in [-0.25, -0.2) is 4.68 Å². The van der Waals surface area contributed by atoms with E-state index in [2.05, 4.69) is 29.5 Å². The Morgan fingerprint density at radius 1 is 1.16 bits per heavy atom. The molecule has 0 saturated carbocycles. The van der Waals surface area contributed by atoms with E-state index < -0.39 is 6.17 Å². The van der Waals surface area contributed by atoms with E-state index >= 15 is 0 Å². The van der Waals surface area contributed by atoms with Crippen LogP contribution in [0.4, 0.5) is 11.4 Å². The maximum atomic E-state index is 11.5. The summed E-state index contributed by atoms with van der Waals surface area (Å²) in [6.45, 7) is 6.05. The number of nitro benzene ring substituents is 1. The molecular formula is C19H18N4O2. The molecule has 2 heterocycles. The van der Waals surface area contributed by atoms with Gasteiger partial charge < -0.3 is 5.32 Å². The molecule has 1 aliphatic heterocycles. The van der Waals surface area contributed by atoms with Crippen molar-refractivity contribution in [2.75, 3.05) is 5.32 Å². The molecule has 0 aliphatic carbocycles. The molecule has 1 aromatic heterocycles. The van der Waals surface area contributed by atoms with E-state index in [0.717, 1.165) is 28.2 Å². The number of hydrogen-bond acceptors (Lipinski definition) is 4. The number of fused-ring (bicyclic) bond motifs is 3. The minimum atomic E-state index is -0.417. The Morgan fingerprint density at radius 2 is 1.92 bits per heavy atom. The molecule has 0 spiro atoms. The van der Waals surface area contributed by atoms with Gasteiger partial charge in [0.1, 0.15) is 0 Å². The molecule has 0 bridgehead atoms. The first-order valence-corrected chi connectivity index (χ1v) is 8.13. The third-order valence-corrected chi connectivity index (χ3v) is 4.57. The Kier molecular flexibility index (Phi) is 3.35. The van der Waals surface area contributed by atoms with Gasteiger partial charge in [0, 0.05) is 17.3 Å². The summed E-state index contributed by atoms with van der Waals surface area (Å²) in [6.07, 6.45) is -0.417. The van der Waals surface area contributed by atoms with Crippen molar-refractivity contribution in [1.29, 1.82) is 0 Å². The molecule has 1 N–H and O–H groups in total. The Morgan fingerprint density at radius 3 is 2.68 bits per heavy atom. The van der Waals surface area contributed by atoms with Crippen LogP contribution in [0.2, 0.25) is 0 Å². The minimum Gasteiger partial charge on any atom is -0.359 e. The zero-order chi connectivity index (χ0) is 17.7. The van der Waals surface area contributed by atoms with Crippen molar-refractivity contribution in [3.05, 3.63) is 75.0 Å². The highest BCUT2D eigenvalue weighted by Gasteiger charge is 2.31. The standard InChI is InChI=1S/C19H18N4O2/c1-11-8-12(2)18-15(9-11)17-10-13(3)21-22(17)19(20-18)14-6-4-5-7-16(14)23(24)25/h4-10,19-20H,1-3H3. The number of nitrogens with one attached hydrogen (secondary N) is 1. The summed E-state index contributed by atoms with van der Waals surface area (Å²) >= 11 is 0. The van der Waals surface area contributed by atoms with Crippen LogP contribution in [0.5, 0.6) is 0 Å². The summed E-state index contributed by atoms with van der Waals surface area (Å²) in [5.41, 5.74) is 6.91. The van der Waals surface area contributed by atoms with Crippen molar-refractivity contribution >= 4 is 11.4 Å². The maximum absolute atomic E-state index is 11.5. The molecule has 0 radical (unpaired) electrons. The van der Waals surface area contributed by atoms with Crippen molar-refractivity contribution in [2.24, 2.45) is 0 Å². The SMILES string of the molecule is Cc1cc(C)c2c(c1)-c1cc(C)nn1C(c1ccccc1[N+](=O)[O-])N2. The van der Waals surface area contributed by atoms with E-state index in [1.54, 1.807) is 12.1 Å². The smallest absolute Gasteiger partial charge is 0.276 e. The lowest BCUT2D eigenvalue weighted by molar-refractivity contribution is -0.385. The van der Waals surface area contributed by atoms with Crippen molar-refractivity contribution in [2.45, 2.75) is 26.9 Å². The molecule has 6 heteroatoms. The van der Waals surface area contributed by atoms with Crippen molar-refractivity contribution < 1.29 is 4.92 Å². The van der Waals surface area contributed by atoms with Crippen molar-refractivity contribution in [3.8, 4) is 11.3 Å². The molecule has 0 saturated heterocycles. The summed E-state index contributed by atoms with van der Waals surface area (Å²) in [5, 5.41) is 19.6. The largest absolute Gasteiger partial charge is 0.359 e. The highest BCUT2D eigenvalue weighted by atomic mass is 16.6. The van der Waals surface area contributed by atoms with Gasteiger partial charge in [-0.05, 0) is 44.5 Å². The molecule has 126 valence electrons. The second-order valence-electron chi connectivity index (χ2n) is 6.48. The third kappa shape index (κ3) is 2.38. The number of nitrogens with zero attached hydrogens (tertiary/aromatic N) is 3. The summed E-state index contributed by atoms with van der Waals surface area (Å²) in [6, 6.07) is 13.1. The van der Waals surface area contributed by atoms with Gasteiger partial charge in [0.2, 0.25) is 0 Å². The van der Waals surface area contributed by atoms with Crippen LogP contribution in [0.15, 0.2) is 42.5 Å². The van der Waals surface area contributed by atoms with Gasteiger partial charge in [-0.15, -0.1) is 0 Å². The van der Waals surface area contributed by atoms with Gasteiger partial charge in [-0.2, -0.15) is 5.10 Å². The molecule has 1 aliphatic rings. The van der Waals surface area contributed by atoms with E-state index in [0.29, 0.717) is 5.56 Å². The molecule has 2 aromatic carbocycles. The van der Waals surface area contributed by atoms with Crippen LogP contribution in [0.25, 0.3) is 11.3 Å². The third-order valence-electron chi connectivity index (χ3n) is 4.57. The van der Waals surface area contributed by atoms with E-state index in [1.165, 1.54) is 11.6 Å². The predicted molar refractivity (Wildman–Crippen MR) is 96.7 cm³/mol. The highest BCUT2D eigenvalue weighted by Crippen LogP contribution is 2.42. The van der Waals surface area contributed by atoms with Gasteiger partial charge in [0.05, 0.1) is 21.9 Å². The van der Waals surface area contributed by atoms with Crippen LogP contribution >= 0.6 is 0 Å². The molecule has 3 aromatic rings. The first-order valence-electron chi connectivity index (χ1n) is 8.13. The fraction of sp³-hybridized carbons (Fsp3) is 0.211. The number of hydrogen-bond donors (Lipinski definition) is 1. The van der Waals surface area contributed by atoms with E-state index in [9.17, 15) is 10.1 Å². The number of rotatable bonds is 2. The number of benzene rings is 2. The summed E-state index contributed by atoms with van der Waals surface area (Å²) < 4.78 is 1.85. The zero-order valence-corrected chi connectivity index (χ0v) is 14.3. The molecule has 4 rings (SSSR count). The highest BCUT2D eigenvalue weighted by molar-refractivity contribution is 5.82. The fourth-order valence-electron chi connectivity index (χ4n) is 3.57. The summed E-state index contributed by atoms with van der Waals surface area (Å²) in [5.74, 6) is 0. The minimum absolute atomic E-state index is 0.0901. The average molecular weight is 334 g/mol. The van der Waals surface area contributed by atoms with Gasteiger partial charge in [-0.1, -0.05) is 23.8 Å². The number of para-hydroxylation sites is 1. The van der Waals surface area contributed by atoms with Crippen LogP contribution in [0, 0.1) is 30.9 Å². The van der Waals surface area contributed by atoms with Crippen LogP contribution in [0.3, 0.4) is 0 Å². The first-order chi connectivity index (χ1) is 12.0. The molecule has 1 unspecified atom stereocenters. The average Bonchev–Trinajstić information content (AvgIpc) is 2.96. The topological polar surface area (TPSA) is 73.0 Å². The van der Waals surface area contributed by atoms with E-state index in [4.69, 9.17) is 0 Å². The lowest BCUT2D eigenvalue weighted by atomic mass is 9.97. The second-order valence-corrected chi connectivity index (χ2v) is 6.48. The molecule has 1 atom stereocenters. The summed E-state index contributed by atoms with van der Waals surface area (Å²) in [4.78, 5) is 11.1. The lowest BCUT2D eigenvalue weighted by Crippen LogP contribution is -2.27. The maximum Gasteiger partial charge on any atom is 0.276 e. The molecular weight excluding hydrogens is 316 g/mol. The van der Waals surface area contributed by atoms with Crippen molar-refractivity contribution in [3.63, 3.8) is 0 Å². The van der Waals surface area contributed by atoms with E-state index in [1.807, 2.05) is 30.7 Å². The second kappa shape index (κ2) is 5.44. The number of aromatic nitrogens is 2. The Hall–Kier alpha value is -3.15. The van der Waals surface area contributed by atoms with Gasteiger partial charge in [0.25, 0.3) is 5.69 Å². The normalized spacial score (nSPS) is 15.2. The number of nitro groups is 1. The zero-order valence-electron chi connectivity index (χ0n) is 14.3. The van der Waals surface area contributed by atoms with Gasteiger partial charge in [0.15, 0.2) is 6.17 Å². The monoisotopic (exact) mass is 334 g/mol. The van der Waals surface area contributed by atoms with Gasteiger partial charge in [-0.3, -0.25) is 10.1 Å². The number of aryl methyl sites for hydroxylation is 3. The molecule has 0 amide bonds. The number of anilines is 1. The lowest BCUT2D eigenvalue weighted by Gasteiger charge is -2.30. The van der Waals surface area contributed by atoms with Gasteiger partial charge >= 0.3 is 0 Å². The van der Waals surface area contributed by atoms with Crippen LogP contribution in [-0.4, -0.2) is 14.7 Å². The first kappa shape index (κ1) is 15.4. The quantitative estimate of drug-likeness (QED) is 0.558. The van der Waals surface area contributed by atoms with E-state index in [-0.39, 0.29) is 10.6 Å². The van der Waals surface area contributed by atoms with Crippen LogP contribution in [0.1, 0.15) is 28.6 Å². The fourth-order valence-corrected chi connectivity index (χ4v) is 3.57. The van der Waals surface area contributed by atoms with Crippen LogP contribution < -0.4 is 5.32 Å². The Balaban J connectivity index is 1.97. The van der Waals surface area contributed by atoms with Crippen molar-refractivity contribution in [1.82, 2.24) is 9.78 Å². The summed E-state index contributed by atoms with van der Waals surface area (Å²) in [7, 11) is 0. The molecule has 6 nitrogen and oxygen atoms in total. The van der Waals surface area contributed by atoms with Crippen LogP contribution in [-0.2, 0) is 0 Å². The molecule has 25 heavy (non-hydrogen) atoms.